The number of amides is 2. The highest BCUT2D eigenvalue weighted by molar-refractivity contribution is 8.22. The predicted octanol–water partition coefficient (Wildman–Crippen LogP) is 0.374. The number of fused-ring (bicyclic) bond motifs is 1. The van der Waals surface area contributed by atoms with Gasteiger partial charge in [-0.1, -0.05) is 11.8 Å². The van der Waals surface area contributed by atoms with E-state index in [0.717, 1.165) is 0 Å². The van der Waals surface area contributed by atoms with Crippen molar-refractivity contribution in [3.63, 3.8) is 0 Å². The highest BCUT2D eigenvalue weighted by Gasteiger charge is 2.48. The summed E-state index contributed by atoms with van der Waals surface area (Å²) >= 11 is 2.60. The van der Waals surface area contributed by atoms with Gasteiger partial charge in [-0.2, -0.15) is 0 Å². The number of nitrogens with two attached hydrogens (primary N) is 1. The summed E-state index contributed by atoms with van der Waals surface area (Å²) < 4.78 is 5.12. The summed E-state index contributed by atoms with van der Waals surface area (Å²) in [6.07, 6.45) is -0.496. The van der Waals surface area contributed by atoms with E-state index in [-0.39, 0.29) is 23.6 Å². The second-order valence-corrected chi connectivity index (χ2v) is 6.05. The van der Waals surface area contributed by atoms with Crippen LogP contribution in [0, 0.1) is 0 Å². The Kier molecular flexibility index (Phi) is 3.71. The van der Waals surface area contributed by atoms with Crippen molar-refractivity contribution in [2.24, 2.45) is 5.73 Å². The maximum atomic E-state index is 11.3. The van der Waals surface area contributed by atoms with Gasteiger partial charge in [0.15, 0.2) is 5.70 Å². The van der Waals surface area contributed by atoms with Crippen molar-refractivity contribution in [1.29, 1.82) is 0 Å². The highest BCUT2D eigenvalue weighted by atomic mass is 32.2. The molecule has 98 valence electrons. The van der Waals surface area contributed by atoms with Gasteiger partial charge in [0.2, 0.25) is 5.91 Å². The minimum Gasteiger partial charge on any atom is -0.477 e. The molecule has 0 saturated carbocycles. The topological polar surface area (TPSA) is 110 Å². The van der Waals surface area contributed by atoms with Crippen LogP contribution in [0.3, 0.4) is 0 Å². The van der Waals surface area contributed by atoms with Crippen molar-refractivity contribution in [3.8, 4) is 0 Å². The van der Waals surface area contributed by atoms with Crippen LogP contribution in [0.2, 0.25) is 0 Å². The first-order valence-electron chi connectivity index (χ1n) is 5.02. The Morgan fingerprint density at radius 1 is 1.61 bits per heavy atom. The molecule has 2 rings (SSSR count). The van der Waals surface area contributed by atoms with Crippen LogP contribution in [0.5, 0.6) is 0 Å². The van der Waals surface area contributed by atoms with E-state index >= 15 is 0 Å². The van der Waals surface area contributed by atoms with E-state index in [9.17, 15) is 14.4 Å². The maximum absolute atomic E-state index is 11.3. The first kappa shape index (κ1) is 13.1. The Hall–Kier alpha value is -1.35. The molecule has 0 aromatic heterocycles. The minimum atomic E-state index is -1.11. The molecule has 0 aromatic carbocycles. The number of carbonyl (C=O) groups is 3. The minimum absolute atomic E-state index is 0.0327. The average Bonchev–Trinajstić information content (AvgIpc) is 2.57. The van der Waals surface area contributed by atoms with E-state index in [4.69, 9.17) is 10.8 Å². The molecule has 0 aromatic rings. The SMILES string of the molecule is NC(=O)OCCSC1=C(C(=O)O)N2C(=O)C[C@H]2S1. The number of carbonyl (C=O) groups excluding carboxylic acids is 2. The monoisotopic (exact) mass is 290 g/mol. The second kappa shape index (κ2) is 5.11. The van der Waals surface area contributed by atoms with Crippen LogP contribution in [-0.2, 0) is 14.3 Å². The summed E-state index contributed by atoms with van der Waals surface area (Å²) in [5.74, 6) is -0.887. The van der Waals surface area contributed by atoms with Crippen LogP contribution in [0.25, 0.3) is 0 Å². The fraction of sp³-hybridized carbons (Fsp3) is 0.444. The molecule has 0 unspecified atom stereocenters. The average molecular weight is 290 g/mol. The maximum Gasteiger partial charge on any atom is 0.404 e. The van der Waals surface area contributed by atoms with E-state index < -0.39 is 12.1 Å². The number of carboxylic acids is 1. The quantitative estimate of drug-likeness (QED) is 0.556. The normalized spacial score (nSPS) is 21.7. The van der Waals surface area contributed by atoms with Gasteiger partial charge in [-0.15, -0.1) is 11.8 Å². The molecule has 1 atom stereocenters. The van der Waals surface area contributed by atoms with Crippen molar-refractivity contribution in [1.82, 2.24) is 4.90 Å². The number of hydrogen-bond acceptors (Lipinski definition) is 6. The molecule has 0 spiro atoms. The molecular formula is C9H10N2O5S2. The zero-order valence-corrected chi connectivity index (χ0v) is 10.8. The molecular weight excluding hydrogens is 280 g/mol. The molecule has 2 amide bonds. The van der Waals surface area contributed by atoms with E-state index in [1.54, 1.807) is 0 Å². The van der Waals surface area contributed by atoms with Gasteiger partial charge in [0.1, 0.15) is 6.61 Å². The van der Waals surface area contributed by atoms with E-state index in [0.29, 0.717) is 16.4 Å². The standard InChI is InChI=1S/C9H10N2O5S2/c10-9(15)16-1-2-17-8-6(7(13)14)11-4(12)3-5(11)18-8/h5H,1-3H2,(H2,10,15)(H,13,14)/t5-/m1/s1. The van der Waals surface area contributed by atoms with Gasteiger partial charge in [0, 0.05) is 5.75 Å². The predicted molar refractivity (Wildman–Crippen MR) is 65.5 cm³/mol. The molecule has 2 aliphatic rings. The van der Waals surface area contributed by atoms with Crippen molar-refractivity contribution in [2.45, 2.75) is 11.8 Å². The Balaban J connectivity index is 1.96. The summed E-state index contributed by atoms with van der Waals surface area (Å²) in [5, 5.41) is 8.99. The summed E-state index contributed by atoms with van der Waals surface area (Å²) in [4.78, 5) is 34.1. The van der Waals surface area contributed by atoms with Crippen LogP contribution in [0.4, 0.5) is 4.79 Å². The van der Waals surface area contributed by atoms with Crippen molar-refractivity contribution in [2.75, 3.05) is 12.4 Å². The number of hydrogen-bond donors (Lipinski definition) is 2. The molecule has 1 saturated heterocycles. The summed E-state index contributed by atoms with van der Waals surface area (Å²) in [7, 11) is 0. The Morgan fingerprint density at radius 2 is 2.33 bits per heavy atom. The van der Waals surface area contributed by atoms with Gasteiger partial charge in [0.25, 0.3) is 0 Å². The Labute approximate surface area is 111 Å². The molecule has 1 fully saturated rings. The first-order chi connectivity index (χ1) is 8.50. The molecule has 0 bridgehead atoms. The zero-order chi connectivity index (χ0) is 13.3. The molecule has 0 aliphatic carbocycles. The smallest absolute Gasteiger partial charge is 0.404 e. The molecule has 2 heterocycles. The molecule has 9 heteroatoms. The van der Waals surface area contributed by atoms with Gasteiger partial charge in [-0.25, -0.2) is 9.59 Å². The third-order valence-electron chi connectivity index (χ3n) is 2.35. The molecule has 0 radical (unpaired) electrons. The number of rotatable bonds is 5. The van der Waals surface area contributed by atoms with Crippen LogP contribution >= 0.6 is 23.5 Å². The fourth-order valence-corrected chi connectivity index (χ4v) is 4.23. The van der Waals surface area contributed by atoms with Gasteiger partial charge in [0.05, 0.1) is 16.0 Å². The summed E-state index contributed by atoms with van der Waals surface area (Å²) in [6.45, 7) is 0.107. The summed E-state index contributed by atoms with van der Waals surface area (Å²) in [6, 6.07) is 0. The number of primary amides is 1. The van der Waals surface area contributed by atoms with Crippen LogP contribution < -0.4 is 5.73 Å². The zero-order valence-electron chi connectivity index (χ0n) is 9.12. The molecule has 18 heavy (non-hydrogen) atoms. The van der Waals surface area contributed by atoms with Crippen LogP contribution in [0.15, 0.2) is 9.93 Å². The first-order valence-corrected chi connectivity index (χ1v) is 6.88. The van der Waals surface area contributed by atoms with Gasteiger partial charge < -0.3 is 15.6 Å². The third-order valence-corrected chi connectivity index (χ3v) is 4.87. The molecule has 2 aliphatic heterocycles. The van der Waals surface area contributed by atoms with Gasteiger partial charge in [-0.3, -0.25) is 9.69 Å². The number of nitrogens with zero attached hydrogens (tertiary/aromatic N) is 1. The van der Waals surface area contributed by atoms with Crippen molar-refractivity contribution >= 4 is 41.5 Å². The molecule has 3 N–H and O–H groups in total. The molecule has 7 nitrogen and oxygen atoms in total. The highest BCUT2D eigenvalue weighted by Crippen LogP contribution is 2.50. The lowest BCUT2D eigenvalue weighted by molar-refractivity contribution is -0.145. The Bertz CT molecular complexity index is 450. The van der Waals surface area contributed by atoms with Crippen LogP contribution in [-0.4, -0.2) is 45.7 Å². The van der Waals surface area contributed by atoms with Crippen LogP contribution in [0.1, 0.15) is 6.42 Å². The summed E-state index contributed by atoms with van der Waals surface area (Å²) in [5.41, 5.74) is 4.83. The lowest BCUT2D eigenvalue weighted by Gasteiger charge is -2.33. The van der Waals surface area contributed by atoms with Crippen molar-refractivity contribution in [3.05, 3.63) is 9.93 Å². The van der Waals surface area contributed by atoms with E-state index in [2.05, 4.69) is 4.74 Å². The lowest BCUT2D eigenvalue weighted by Crippen LogP contribution is -2.48. The fourth-order valence-electron chi connectivity index (χ4n) is 1.60. The van der Waals surface area contributed by atoms with Gasteiger partial charge in [-0.05, 0) is 0 Å². The van der Waals surface area contributed by atoms with E-state index in [1.165, 1.54) is 28.4 Å². The largest absolute Gasteiger partial charge is 0.477 e. The van der Waals surface area contributed by atoms with Gasteiger partial charge >= 0.3 is 12.1 Å². The van der Waals surface area contributed by atoms with Crippen molar-refractivity contribution < 1.29 is 24.2 Å². The number of ether oxygens (including phenoxy) is 1. The number of β-lactam (4-membered cyclic amide) rings is 1. The van der Waals surface area contributed by atoms with E-state index in [1.807, 2.05) is 0 Å². The third kappa shape index (κ3) is 2.41. The lowest BCUT2D eigenvalue weighted by atomic mass is 10.2. The second-order valence-electron chi connectivity index (χ2n) is 3.50. The number of aliphatic carboxylic acids is 1. The number of carboxylic acid groups (broad SMARTS) is 1. The number of thioether (sulfide) groups is 2. The Morgan fingerprint density at radius 3 is 2.89 bits per heavy atom.